The predicted molar refractivity (Wildman–Crippen MR) is 108 cm³/mol. The Hall–Kier alpha value is -3.05. The first-order valence-corrected chi connectivity index (χ1v) is 11.4. The van der Waals surface area contributed by atoms with Gasteiger partial charge in [-0.05, 0) is 12.8 Å². The van der Waals surface area contributed by atoms with Gasteiger partial charge in [-0.1, -0.05) is 35.5 Å². The molecule has 1 fully saturated rings. The van der Waals surface area contributed by atoms with Crippen LogP contribution in [0.15, 0.2) is 41.1 Å². The van der Waals surface area contributed by atoms with E-state index in [0.29, 0.717) is 48.9 Å². The summed E-state index contributed by atoms with van der Waals surface area (Å²) in [6.45, 7) is 0.965. The van der Waals surface area contributed by atoms with Crippen molar-refractivity contribution in [2.75, 3.05) is 19.3 Å². The van der Waals surface area contributed by atoms with Gasteiger partial charge >= 0.3 is 0 Å². The molecular formula is C19H22N6O4S. The third-order valence-electron chi connectivity index (χ3n) is 5.12. The van der Waals surface area contributed by atoms with Gasteiger partial charge in [-0.15, -0.1) is 0 Å². The van der Waals surface area contributed by atoms with Gasteiger partial charge < -0.3 is 9.84 Å². The zero-order valence-corrected chi connectivity index (χ0v) is 17.2. The van der Waals surface area contributed by atoms with Gasteiger partial charge in [0, 0.05) is 24.6 Å². The van der Waals surface area contributed by atoms with Crippen LogP contribution in [0.2, 0.25) is 0 Å². The zero-order chi connectivity index (χ0) is 21.1. The standard InChI is InChI=1S/C19H22N6O4S/c1-30(27,28)25-9-7-14(8-10-25)18-22-16(29-24-18)12-20-19(26)15-11-21-23-17(15)13-5-3-2-4-6-13/h2-6,11,14H,7-10,12H2,1H3,(H,20,26)(H,21,23). The largest absolute Gasteiger partial charge is 0.343 e. The number of hydrogen-bond donors (Lipinski definition) is 2. The molecule has 0 saturated carbocycles. The van der Waals surface area contributed by atoms with E-state index in [1.54, 1.807) is 0 Å². The van der Waals surface area contributed by atoms with Crippen LogP contribution in [0.25, 0.3) is 11.3 Å². The zero-order valence-electron chi connectivity index (χ0n) is 16.4. The SMILES string of the molecule is CS(=O)(=O)N1CCC(c2noc(CNC(=O)c3cn[nH]c3-c3ccccc3)n2)CC1. The highest BCUT2D eigenvalue weighted by Crippen LogP contribution is 2.27. The first kappa shape index (κ1) is 20.2. The van der Waals surface area contributed by atoms with Crippen LogP contribution in [0.4, 0.5) is 0 Å². The molecule has 2 aromatic heterocycles. The summed E-state index contributed by atoms with van der Waals surface area (Å²) in [5.74, 6) is 0.577. The highest BCUT2D eigenvalue weighted by Gasteiger charge is 2.28. The number of rotatable bonds is 6. The van der Waals surface area contributed by atoms with E-state index in [0.717, 1.165) is 5.56 Å². The molecule has 11 heteroatoms. The number of carbonyl (C=O) groups is 1. The van der Waals surface area contributed by atoms with Crippen LogP contribution >= 0.6 is 0 Å². The van der Waals surface area contributed by atoms with E-state index in [9.17, 15) is 13.2 Å². The van der Waals surface area contributed by atoms with Gasteiger partial charge in [-0.3, -0.25) is 9.89 Å². The maximum Gasteiger partial charge on any atom is 0.255 e. The molecule has 3 aromatic rings. The molecule has 1 amide bonds. The van der Waals surface area contributed by atoms with Crippen LogP contribution in [0.1, 0.15) is 40.8 Å². The first-order valence-electron chi connectivity index (χ1n) is 9.56. The number of aromatic nitrogens is 4. The number of aromatic amines is 1. The summed E-state index contributed by atoms with van der Waals surface area (Å²) >= 11 is 0. The normalized spacial score (nSPS) is 15.9. The predicted octanol–water partition coefficient (Wildman–Crippen LogP) is 1.53. The molecule has 4 rings (SSSR count). The van der Waals surface area contributed by atoms with Crippen molar-refractivity contribution in [3.63, 3.8) is 0 Å². The van der Waals surface area contributed by atoms with Gasteiger partial charge in [0.2, 0.25) is 15.9 Å². The van der Waals surface area contributed by atoms with Crippen molar-refractivity contribution in [2.24, 2.45) is 0 Å². The maximum atomic E-state index is 12.6. The molecular weight excluding hydrogens is 408 g/mol. The fraction of sp³-hybridized carbons (Fsp3) is 0.368. The molecule has 1 aliphatic heterocycles. The Labute approximate surface area is 173 Å². The minimum absolute atomic E-state index is 0.0368. The number of H-pyrrole nitrogens is 1. The lowest BCUT2D eigenvalue weighted by atomic mass is 9.98. The van der Waals surface area contributed by atoms with E-state index >= 15 is 0 Å². The molecule has 1 aliphatic rings. The number of benzene rings is 1. The highest BCUT2D eigenvalue weighted by atomic mass is 32.2. The molecule has 0 radical (unpaired) electrons. The van der Waals surface area contributed by atoms with Gasteiger partial charge in [0.25, 0.3) is 5.91 Å². The summed E-state index contributed by atoms with van der Waals surface area (Å²) in [6.07, 6.45) is 3.96. The van der Waals surface area contributed by atoms with Crippen LogP contribution in [-0.4, -0.2) is 58.3 Å². The maximum absolute atomic E-state index is 12.6. The monoisotopic (exact) mass is 430 g/mol. The Bertz CT molecular complexity index is 1120. The van der Waals surface area contributed by atoms with Gasteiger partial charge in [0.1, 0.15) is 0 Å². The minimum Gasteiger partial charge on any atom is -0.343 e. The van der Waals surface area contributed by atoms with Crippen molar-refractivity contribution in [1.82, 2.24) is 30.0 Å². The molecule has 0 bridgehead atoms. The molecule has 3 heterocycles. The third kappa shape index (κ3) is 4.41. The lowest BCUT2D eigenvalue weighted by molar-refractivity contribution is 0.0947. The highest BCUT2D eigenvalue weighted by molar-refractivity contribution is 7.88. The van der Waals surface area contributed by atoms with E-state index < -0.39 is 10.0 Å². The summed E-state index contributed by atoms with van der Waals surface area (Å²) in [5, 5.41) is 13.6. The minimum atomic E-state index is -3.18. The topological polar surface area (TPSA) is 134 Å². The van der Waals surface area contributed by atoms with Crippen molar-refractivity contribution >= 4 is 15.9 Å². The van der Waals surface area contributed by atoms with Crippen molar-refractivity contribution in [3.8, 4) is 11.3 Å². The van der Waals surface area contributed by atoms with Crippen molar-refractivity contribution < 1.29 is 17.7 Å². The smallest absolute Gasteiger partial charge is 0.255 e. The lowest BCUT2D eigenvalue weighted by Gasteiger charge is -2.28. The molecule has 30 heavy (non-hydrogen) atoms. The number of carbonyl (C=O) groups excluding carboxylic acids is 1. The van der Waals surface area contributed by atoms with Crippen LogP contribution < -0.4 is 5.32 Å². The van der Waals surface area contributed by atoms with Gasteiger partial charge in [-0.2, -0.15) is 10.1 Å². The second-order valence-corrected chi connectivity index (χ2v) is 9.17. The second-order valence-electron chi connectivity index (χ2n) is 7.19. The third-order valence-corrected chi connectivity index (χ3v) is 6.42. The van der Waals surface area contributed by atoms with Crippen LogP contribution in [0.5, 0.6) is 0 Å². The summed E-state index contributed by atoms with van der Waals surface area (Å²) < 4.78 is 30.0. The van der Waals surface area contributed by atoms with Crippen LogP contribution in [0.3, 0.4) is 0 Å². The summed E-state index contributed by atoms with van der Waals surface area (Å²) in [7, 11) is -3.18. The van der Waals surface area contributed by atoms with E-state index in [4.69, 9.17) is 4.52 Å². The molecule has 0 aliphatic carbocycles. The molecule has 0 unspecified atom stereocenters. The van der Waals surface area contributed by atoms with Crippen LogP contribution in [-0.2, 0) is 16.6 Å². The molecule has 10 nitrogen and oxygen atoms in total. The quantitative estimate of drug-likeness (QED) is 0.605. The average Bonchev–Trinajstić information content (AvgIpc) is 3.42. The molecule has 1 aromatic carbocycles. The average molecular weight is 430 g/mol. The van der Waals surface area contributed by atoms with Crippen LogP contribution in [0, 0.1) is 0 Å². The van der Waals surface area contributed by atoms with Crippen molar-refractivity contribution in [3.05, 3.63) is 53.8 Å². The Kier molecular flexibility index (Phi) is 5.64. The van der Waals surface area contributed by atoms with Gasteiger partial charge in [0.05, 0.1) is 30.3 Å². The second kappa shape index (κ2) is 8.36. The van der Waals surface area contributed by atoms with Crippen molar-refractivity contribution in [1.29, 1.82) is 0 Å². The summed E-state index contributed by atoms with van der Waals surface area (Å²) in [4.78, 5) is 17.0. The molecule has 158 valence electrons. The Morgan fingerprint density at radius 3 is 2.70 bits per heavy atom. The number of amides is 1. The lowest BCUT2D eigenvalue weighted by Crippen LogP contribution is -2.37. The fourth-order valence-corrected chi connectivity index (χ4v) is 4.36. The molecule has 0 spiro atoms. The van der Waals surface area contributed by atoms with E-state index in [1.165, 1.54) is 16.8 Å². The van der Waals surface area contributed by atoms with E-state index in [2.05, 4.69) is 25.7 Å². The number of piperidine rings is 1. The van der Waals surface area contributed by atoms with Gasteiger partial charge in [0.15, 0.2) is 5.82 Å². The van der Waals surface area contributed by atoms with E-state index in [1.807, 2.05) is 30.3 Å². The number of sulfonamides is 1. The molecule has 2 N–H and O–H groups in total. The molecule has 0 atom stereocenters. The fourth-order valence-electron chi connectivity index (χ4n) is 3.49. The summed E-state index contributed by atoms with van der Waals surface area (Å²) in [5.41, 5.74) is 1.92. The first-order chi connectivity index (χ1) is 14.4. The van der Waals surface area contributed by atoms with Gasteiger partial charge in [-0.25, -0.2) is 12.7 Å². The molecule has 1 saturated heterocycles. The summed E-state index contributed by atoms with van der Waals surface area (Å²) in [6, 6.07) is 9.46. The van der Waals surface area contributed by atoms with Crippen molar-refractivity contribution in [2.45, 2.75) is 25.3 Å². The number of nitrogens with one attached hydrogen (secondary N) is 2. The Morgan fingerprint density at radius 2 is 2.00 bits per heavy atom. The number of nitrogens with zero attached hydrogens (tertiary/aromatic N) is 4. The number of hydrogen-bond acceptors (Lipinski definition) is 7. The van der Waals surface area contributed by atoms with E-state index in [-0.39, 0.29) is 18.4 Å². The Morgan fingerprint density at radius 1 is 1.27 bits per heavy atom. The Balaban J connectivity index is 1.36.